The molecule has 4 nitrogen and oxygen atoms in total. The summed E-state index contributed by atoms with van der Waals surface area (Å²) in [5.74, 6) is 0. The first-order chi connectivity index (χ1) is 8.31. The molecular weight excluding hydrogens is 226 g/mol. The number of hydrogen-bond acceptors (Lipinski definition) is 4. The lowest BCUT2D eigenvalue weighted by molar-refractivity contribution is 0.0375. The highest BCUT2D eigenvalue weighted by Gasteiger charge is 2.39. The molecule has 0 saturated carbocycles. The van der Waals surface area contributed by atoms with Crippen LogP contribution in [0.1, 0.15) is 27.7 Å². The Bertz CT molecular complexity index is 281. The van der Waals surface area contributed by atoms with Crippen LogP contribution in [0, 0.1) is 5.41 Å². The van der Waals surface area contributed by atoms with E-state index in [4.69, 9.17) is 10.5 Å². The molecule has 0 bridgehead atoms. The second-order valence-electron chi connectivity index (χ2n) is 7.21. The first kappa shape index (κ1) is 14.3. The van der Waals surface area contributed by atoms with E-state index in [1.165, 1.54) is 0 Å². The first-order valence-electron chi connectivity index (χ1n) is 7.12. The molecule has 0 aromatic rings. The third-order valence-corrected chi connectivity index (χ3v) is 4.53. The van der Waals surface area contributed by atoms with E-state index in [1.807, 2.05) is 0 Å². The van der Waals surface area contributed by atoms with Crippen LogP contribution in [0.4, 0.5) is 0 Å². The van der Waals surface area contributed by atoms with Gasteiger partial charge in [-0.1, -0.05) is 6.92 Å². The average Bonchev–Trinajstić information content (AvgIpc) is 2.58. The molecular formula is C14H29N3O. The van der Waals surface area contributed by atoms with E-state index in [0.717, 1.165) is 45.9 Å². The molecule has 2 aliphatic rings. The van der Waals surface area contributed by atoms with Crippen molar-refractivity contribution in [3.05, 3.63) is 0 Å². The number of nitrogens with two attached hydrogens (primary N) is 1. The molecule has 2 unspecified atom stereocenters. The fraction of sp³-hybridized carbons (Fsp3) is 1.00. The monoisotopic (exact) mass is 255 g/mol. The predicted octanol–water partition coefficient (Wildman–Crippen LogP) is 0.766. The van der Waals surface area contributed by atoms with Crippen LogP contribution in [-0.4, -0.2) is 67.3 Å². The molecule has 0 aromatic heterocycles. The molecule has 2 fully saturated rings. The van der Waals surface area contributed by atoms with Crippen LogP contribution in [0.3, 0.4) is 0 Å². The lowest BCUT2D eigenvalue weighted by Gasteiger charge is -2.44. The SMILES string of the molecule is CC1(CN2CCN(C(C)(C)C)CC2)COCC1N. The molecule has 0 aromatic carbocycles. The summed E-state index contributed by atoms with van der Waals surface area (Å²) in [6.45, 7) is 16.4. The van der Waals surface area contributed by atoms with Gasteiger partial charge in [0, 0.05) is 49.7 Å². The third-order valence-electron chi connectivity index (χ3n) is 4.53. The topological polar surface area (TPSA) is 41.7 Å². The van der Waals surface area contributed by atoms with Crippen LogP contribution in [0.2, 0.25) is 0 Å². The van der Waals surface area contributed by atoms with Crippen molar-refractivity contribution < 1.29 is 4.74 Å². The van der Waals surface area contributed by atoms with Crippen molar-refractivity contribution in [1.29, 1.82) is 0 Å². The van der Waals surface area contributed by atoms with Gasteiger partial charge in [-0.2, -0.15) is 0 Å². The van der Waals surface area contributed by atoms with Crippen LogP contribution in [0.15, 0.2) is 0 Å². The number of rotatable bonds is 2. The Morgan fingerprint density at radius 2 is 1.83 bits per heavy atom. The van der Waals surface area contributed by atoms with Crippen LogP contribution >= 0.6 is 0 Å². The van der Waals surface area contributed by atoms with Crippen molar-refractivity contribution in [2.75, 3.05) is 45.9 Å². The van der Waals surface area contributed by atoms with Crippen LogP contribution in [-0.2, 0) is 4.74 Å². The first-order valence-corrected chi connectivity index (χ1v) is 7.12. The zero-order valence-electron chi connectivity index (χ0n) is 12.4. The molecule has 106 valence electrons. The highest BCUT2D eigenvalue weighted by atomic mass is 16.5. The van der Waals surface area contributed by atoms with E-state index < -0.39 is 0 Å². The fourth-order valence-electron chi connectivity index (χ4n) is 2.98. The number of hydrogen-bond donors (Lipinski definition) is 1. The second kappa shape index (κ2) is 5.08. The molecule has 18 heavy (non-hydrogen) atoms. The summed E-state index contributed by atoms with van der Waals surface area (Å²) >= 11 is 0. The van der Waals surface area contributed by atoms with Gasteiger partial charge in [0.25, 0.3) is 0 Å². The fourth-order valence-corrected chi connectivity index (χ4v) is 2.98. The third kappa shape index (κ3) is 3.05. The van der Waals surface area contributed by atoms with E-state index in [-0.39, 0.29) is 11.5 Å². The Hall–Kier alpha value is -0.160. The quantitative estimate of drug-likeness (QED) is 0.791. The highest BCUT2D eigenvalue weighted by molar-refractivity contribution is 4.93. The maximum atomic E-state index is 6.16. The summed E-state index contributed by atoms with van der Waals surface area (Å²) in [4.78, 5) is 5.12. The zero-order valence-corrected chi connectivity index (χ0v) is 12.4. The van der Waals surface area contributed by atoms with Crippen molar-refractivity contribution in [3.8, 4) is 0 Å². The van der Waals surface area contributed by atoms with Crippen LogP contribution in [0.25, 0.3) is 0 Å². The van der Waals surface area contributed by atoms with Crippen LogP contribution < -0.4 is 5.73 Å². The molecule has 2 rings (SSSR count). The zero-order chi connectivity index (χ0) is 13.4. The molecule has 0 radical (unpaired) electrons. The molecule has 2 heterocycles. The predicted molar refractivity (Wildman–Crippen MR) is 74.7 cm³/mol. The lowest BCUT2D eigenvalue weighted by Crippen LogP contribution is -2.56. The van der Waals surface area contributed by atoms with Gasteiger partial charge in [0.2, 0.25) is 0 Å². The van der Waals surface area contributed by atoms with Gasteiger partial charge in [0.05, 0.1) is 13.2 Å². The molecule has 0 amide bonds. The van der Waals surface area contributed by atoms with E-state index in [1.54, 1.807) is 0 Å². The van der Waals surface area contributed by atoms with Crippen molar-refractivity contribution in [2.24, 2.45) is 11.1 Å². The Labute approximate surface area is 111 Å². The van der Waals surface area contributed by atoms with E-state index in [2.05, 4.69) is 37.5 Å². The Balaban J connectivity index is 1.84. The summed E-state index contributed by atoms with van der Waals surface area (Å²) in [5, 5.41) is 0. The molecule has 2 aliphatic heterocycles. The number of nitrogens with zero attached hydrogens (tertiary/aromatic N) is 2. The summed E-state index contributed by atoms with van der Waals surface area (Å²) in [6, 6.07) is 0.193. The minimum absolute atomic E-state index is 0.143. The smallest absolute Gasteiger partial charge is 0.0624 e. The highest BCUT2D eigenvalue weighted by Crippen LogP contribution is 2.29. The average molecular weight is 255 g/mol. The Morgan fingerprint density at radius 1 is 1.22 bits per heavy atom. The van der Waals surface area contributed by atoms with Gasteiger partial charge in [0.1, 0.15) is 0 Å². The van der Waals surface area contributed by atoms with Crippen molar-refractivity contribution in [2.45, 2.75) is 39.3 Å². The molecule has 2 N–H and O–H groups in total. The maximum absolute atomic E-state index is 6.16. The summed E-state index contributed by atoms with van der Waals surface area (Å²) in [6.07, 6.45) is 0. The second-order valence-corrected chi connectivity index (χ2v) is 7.21. The number of piperazine rings is 1. The van der Waals surface area contributed by atoms with Gasteiger partial charge >= 0.3 is 0 Å². The molecule has 2 saturated heterocycles. The normalized spacial score (nSPS) is 36.2. The van der Waals surface area contributed by atoms with Gasteiger partial charge in [-0.15, -0.1) is 0 Å². The standard InChI is InChI=1S/C14H29N3O/c1-13(2,3)17-7-5-16(6-8-17)10-14(4)11-18-9-12(14)15/h12H,5-11,15H2,1-4H3. The number of ether oxygens (including phenoxy) is 1. The van der Waals surface area contributed by atoms with Gasteiger partial charge in [-0.3, -0.25) is 4.90 Å². The molecule has 4 heteroatoms. The van der Waals surface area contributed by atoms with Gasteiger partial charge in [0.15, 0.2) is 0 Å². The minimum Gasteiger partial charge on any atom is -0.379 e. The lowest BCUT2D eigenvalue weighted by atomic mass is 9.85. The van der Waals surface area contributed by atoms with Crippen molar-refractivity contribution in [1.82, 2.24) is 9.80 Å². The minimum atomic E-state index is 0.143. The summed E-state index contributed by atoms with van der Waals surface area (Å²) in [5.41, 5.74) is 6.60. The van der Waals surface area contributed by atoms with E-state index >= 15 is 0 Å². The molecule has 0 aliphatic carbocycles. The van der Waals surface area contributed by atoms with E-state index in [0.29, 0.717) is 5.54 Å². The Morgan fingerprint density at radius 3 is 2.28 bits per heavy atom. The van der Waals surface area contributed by atoms with Crippen molar-refractivity contribution >= 4 is 0 Å². The Kier molecular flexibility index (Phi) is 4.02. The van der Waals surface area contributed by atoms with Gasteiger partial charge in [-0.05, 0) is 20.8 Å². The van der Waals surface area contributed by atoms with Crippen molar-refractivity contribution in [3.63, 3.8) is 0 Å². The molecule has 2 atom stereocenters. The van der Waals surface area contributed by atoms with E-state index in [9.17, 15) is 0 Å². The molecule has 0 spiro atoms. The maximum Gasteiger partial charge on any atom is 0.0624 e. The largest absolute Gasteiger partial charge is 0.379 e. The summed E-state index contributed by atoms with van der Waals surface area (Å²) in [7, 11) is 0. The summed E-state index contributed by atoms with van der Waals surface area (Å²) < 4.78 is 5.53. The van der Waals surface area contributed by atoms with Crippen LogP contribution in [0.5, 0.6) is 0 Å². The van der Waals surface area contributed by atoms with Gasteiger partial charge in [-0.25, -0.2) is 0 Å². The van der Waals surface area contributed by atoms with Gasteiger partial charge < -0.3 is 15.4 Å².